The highest BCUT2D eigenvalue weighted by Crippen LogP contribution is 2.33. The lowest BCUT2D eigenvalue weighted by Crippen LogP contribution is -2.43. The third kappa shape index (κ3) is 4.58. The van der Waals surface area contributed by atoms with E-state index in [2.05, 4.69) is 4.72 Å². The number of carbonyl (C=O) groups excluding carboxylic acids is 1. The zero-order valence-corrected chi connectivity index (χ0v) is 16.0. The van der Waals surface area contributed by atoms with Crippen molar-refractivity contribution < 1.29 is 22.7 Å². The van der Waals surface area contributed by atoms with Crippen LogP contribution in [-0.4, -0.2) is 38.6 Å². The van der Waals surface area contributed by atoms with E-state index >= 15 is 0 Å². The van der Waals surface area contributed by atoms with Gasteiger partial charge in [0.25, 0.3) is 0 Å². The lowest BCUT2D eigenvalue weighted by Gasteiger charge is -2.27. The number of ether oxygens (including phenoxy) is 2. The van der Waals surface area contributed by atoms with Crippen LogP contribution in [0.1, 0.15) is 19.4 Å². The number of amides is 1. The Morgan fingerprint density at radius 1 is 1.11 bits per heavy atom. The topological polar surface area (TPSA) is 84.9 Å². The van der Waals surface area contributed by atoms with Crippen molar-refractivity contribution in [1.29, 1.82) is 0 Å². The van der Waals surface area contributed by atoms with Gasteiger partial charge >= 0.3 is 0 Å². The van der Waals surface area contributed by atoms with Crippen molar-refractivity contribution in [3.63, 3.8) is 0 Å². The van der Waals surface area contributed by atoms with Gasteiger partial charge in [-0.05, 0) is 31.5 Å². The zero-order chi connectivity index (χ0) is 19.4. The monoisotopic (exact) mass is 390 g/mol. The van der Waals surface area contributed by atoms with Crippen LogP contribution >= 0.6 is 0 Å². The van der Waals surface area contributed by atoms with Gasteiger partial charge in [0.05, 0.1) is 11.4 Å². The Morgan fingerprint density at radius 3 is 2.52 bits per heavy atom. The molecule has 0 spiro atoms. The van der Waals surface area contributed by atoms with Crippen molar-refractivity contribution >= 4 is 15.9 Å². The second kappa shape index (κ2) is 7.98. The summed E-state index contributed by atoms with van der Waals surface area (Å²) >= 11 is 0. The lowest BCUT2D eigenvalue weighted by molar-refractivity contribution is -0.132. The minimum atomic E-state index is -3.84. The molecule has 0 atom stereocenters. The van der Waals surface area contributed by atoms with Gasteiger partial charge in [-0.3, -0.25) is 4.79 Å². The summed E-state index contributed by atoms with van der Waals surface area (Å²) in [4.78, 5) is 14.3. The molecule has 0 bridgehead atoms. The molecule has 1 heterocycles. The molecule has 1 aliphatic rings. The van der Waals surface area contributed by atoms with Gasteiger partial charge in [0.2, 0.25) is 22.7 Å². The molecule has 8 heteroatoms. The van der Waals surface area contributed by atoms with Crippen LogP contribution in [-0.2, 0) is 21.4 Å². The molecule has 0 saturated heterocycles. The van der Waals surface area contributed by atoms with E-state index in [1.807, 2.05) is 44.2 Å². The molecule has 2 aromatic carbocycles. The Hall–Kier alpha value is -2.58. The van der Waals surface area contributed by atoms with Gasteiger partial charge < -0.3 is 14.4 Å². The molecule has 1 amide bonds. The Labute approximate surface area is 158 Å². The highest BCUT2D eigenvalue weighted by atomic mass is 32.2. The van der Waals surface area contributed by atoms with E-state index in [4.69, 9.17) is 9.47 Å². The summed E-state index contributed by atoms with van der Waals surface area (Å²) in [7, 11) is -3.84. The van der Waals surface area contributed by atoms with Gasteiger partial charge in [0.15, 0.2) is 11.5 Å². The lowest BCUT2D eigenvalue weighted by atomic mass is 10.2. The van der Waals surface area contributed by atoms with E-state index in [-0.39, 0.29) is 30.2 Å². The van der Waals surface area contributed by atoms with Crippen LogP contribution < -0.4 is 14.2 Å². The summed E-state index contributed by atoms with van der Waals surface area (Å²) in [6, 6.07) is 13.9. The molecule has 144 valence electrons. The number of sulfonamides is 1. The molecule has 0 saturated carbocycles. The summed E-state index contributed by atoms with van der Waals surface area (Å²) in [6.07, 6.45) is 0. The van der Waals surface area contributed by atoms with Crippen molar-refractivity contribution in [3.05, 3.63) is 54.1 Å². The average molecular weight is 390 g/mol. The second-order valence-corrected chi connectivity index (χ2v) is 8.21. The maximum Gasteiger partial charge on any atom is 0.241 e. The number of benzene rings is 2. The predicted molar refractivity (Wildman–Crippen MR) is 99.9 cm³/mol. The summed E-state index contributed by atoms with van der Waals surface area (Å²) < 4.78 is 37.8. The first-order valence-corrected chi connectivity index (χ1v) is 10.1. The second-order valence-electron chi connectivity index (χ2n) is 6.44. The standard InChI is InChI=1S/C19H22N2O5S/c1-14(2)21(12-15-6-4-3-5-7-15)19(22)11-20-27(23,24)16-8-9-17-18(10-16)26-13-25-17/h3-10,14,20H,11-13H2,1-2H3. The molecule has 3 rings (SSSR count). The van der Waals surface area contributed by atoms with Crippen LogP contribution in [0.3, 0.4) is 0 Å². The molecule has 0 fully saturated rings. The van der Waals surface area contributed by atoms with Crippen LogP contribution in [0.4, 0.5) is 0 Å². The quantitative estimate of drug-likeness (QED) is 0.783. The minimum absolute atomic E-state index is 0.0266. The van der Waals surface area contributed by atoms with Gasteiger partial charge in [-0.2, -0.15) is 0 Å². The van der Waals surface area contributed by atoms with E-state index in [0.29, 0.717) is 18.0 Å². The molecular weight excluding hydrogens is 368 g/mol. The molecule has 0 aliphatic carbocycles. The van der Waals surface area contributed by atoms with E-state index in [0.717, 1.165) is 5.56 Å². The number of nitrogens with one attached hydrogen (secondary N) is 1. The summed E-state index contributed by atoms with van der Waals surface area (Å²) in [5.41, 5.74) is 0.984. The van der Waals surface area contributed by atoms with Crippen molar-refractivity contribution in [1.82, 2.24) is 9.62 Å². The van der Waals surface area contributed by atoms with Gasteiger partial charge in [-0.15, -0.1) is 0 Å². The molecule has 7 nitrogen and oxygen atoms in total. The number of hydrogen-bond acceptors (Lipinski definition) is 5. The van der Waals surface area contributed by atoms with Crippen LogP contribution in [0.5, 0.6) is 11.5 Å². The molecule has 0 unspecified atom stereocenters. The molecule has 27 heavy (non-hydrogen) atoms. The molecular formula is C19H22N2O5S. The van der Waals surface area contributed by atoms with Crippen molar-refractivity contribution in [2.45, 2.75) is 31.3 Å². The SMILES string of the molecule is CC(C)N(Cc1ccccc1)C(=O)CNS(=O)(=O)c1ccc2c(c1)OCO2. The predicted octanol–water partition coefficient (Wildman–Crippen LogP) is 2.13. The summed E-state index contributed by atoms with van der Waals surface area (Å²) in [5, 5.41) is 0. The Morgan fingerprint density at radius 2 is 1.81 bits per heavy atom. The van der Waals surface area contributed by atoms with Gasteiger partial charge in [0.1, 0.15) is 0 Å². The zero-order valence-electron chi connectivity index (χ0n) is 15.2. The highest BCUT2D eigenvalue weighted by molar-refractivity contribution is 7.89. The van der Waals surface area contributed by atoms with E-state index in [1.165, 1.54) is 18.2 Å². The number of hydrogen-bond donors (Lipinski definition) is 1. The number of fused-ring (bicyclic) bond motifs is 1. The molecule has 1 aliphatic heterocycles. The maximum atomic E-state index is 12.6. The normalized spacial score (nSPS) is 13.0. The van der Waals surface area contributed by atoms with Crippen LogP contribution in [0.25, 0.3) is 0 Å². The largest absolute Gasteiger partial charge is 0.454 e. The number of rotatable bonds is 7. The van der Waals surface area contributed by atoms with Crippen LogP contribution in [0, 0.1) is 0 Å². The molecule has 1 N–H and O–H groups in total. The fourth-order valence-corrected chi connectivity index (χ4v) is 3.71. The summed E-state index contributed by atoms with van der Waals surface area (Å²) in [5.74, 6) is 0.578. The van der Waals surface area contributed by atoms with Crippen molar-refractivity contribution in [3.8, 4) is 11.5 Å². The van der Waals surface area contributed by atoms with Crippen LogP contribution in [0.2, 0.25) is 0 Å². The maximum absolute atomic E-state index is 12.6. The van der Waals surface area contributed by atoms with Gasteiger partial charge in [0, 0.05) is 18.7 Å². The number of carbonyl (C=O) groups is 1. The Bertz CT molecular complexity index is 913. The molecule has 2 aromatic rings. The van der Waals surface area contributed by atoms with E-state index in [1.54, 1.807) is 4.90 Å². The third-order valence-corrected chi connectivity index (χ3v) is 5.61. The first-order chi connectivity index (χ1) is 12.9. The first kappa shape index (κ1) is 19.2. The first-order valence-electron chi connectivity index (χ1n) is 8.59. The summed E-state index contributed by atoms with van der Waals surface area (Å²) in [6.45, 7) is 3.96. The Balaban J connectivity index is 1.67. The van der Waals surface area contributed by atoms with Crippen molar-refractivity contribution in [2.24, 2.45) is 0 Å². The molecule has 0 aromatic heterocycles. The Kier molecular flexibility index (Phi) is 5.67. The number of nitrogens with zero attached hydrogens (tertiary/aromatic N) is 1. The fraction of sp³-hybridized carbons (Fsp3) is 0.316. The average Bonchev–Trinajstić information content (AvgIpc) is 3.12. The minimum Gasteiger partial charge on any atom is -0.454 e. The highest BCUT2D eigenvalue weighted by Gasteiger charge is 2.23. The smallest absolute Gasteiger partial charge is 0.241 e. The fourth-order valence-electron chi connectivity index (χ4n) is 2.72. The van der Waals surface area contributed by atoms with E-state index in [9.17, 15) is 13.2 Å². The third-order valence-electron chi connectivity index (χ3n) is 4.21. The van der Waals surface area contributed by atoms with Crippen LogP contribution in [0.15, 0.2) is 53.4 Å². The molecule has 0 radical (unpaired) electrons. The van der Waals surface area contributed by atoms with Gasteiger partial charge in [-0.1, -0.05) is 30.3 Å². The van der Waals surface area contributed by atoms with E-state index < -0.39 is 10.0 Å². The van der Waals surface area contributed by atoms with Crippen molar-refractivity contribution in [2.75, 3.05) is 13.3 Å². The van der Waals surface area contributed by atoms with Gasteiger partial charge in [-0.25, -0.2) is 13.1 Å².